The van der Waals surface area contributed by atoms with E-state index in [0.29, 0.717) is 6.54 Å². The minimum atomic E-state index is -0.929. The van der Waals surface area contributed by atoms with E-state index in [1.165, 1.54) is 11.3 Å². The highest BCUT2D eigenvalue weighted by Gasteiger charge is 2.22. The minimum absolute atomic E-state index is 0.0661. The molecule has 2 rings (SSSR count). The minimum Gasteiger partial charge on any atom is -0.451 e. The second-order valence-corrected chi connectivity index (χ2v) is 6.65. The standard InChI is InChI=1S/C13H8Cl4N2O3S/c14-8-9(15)11(19-12(17)10(8)16)13(21)22-5-7(20)18-4-6-2-1-3-23-6/h1-3H,4-5H2,(H,18,20). The largest absolute Gasteiger partial charge is 0.451 e. The Morgan fingerprint density at radius 2 is 1.91 bits per heavy atom. The molecule has 23 heavy (non-hydrogen) atoms. The van der Waals surface area contributed by atoms with Gasteiger partial charge in [0, 0.05) is 4.88 Å². The molecule has 1 amide bonds. The van der Waals surface area contributed by atoms with Gasteiger partial charge in [0.2, 0.25) is 0 Å². The number of carbonyl (C=O) groups is 2. The van der Waals surface area contributed by atoms with E-state index in [1.807, 2.05) is 17.5 Å². The van der Waals surface area contributed by atoms with Gasteiger partial charge in [0.25, 0.3) is 5.91 Å². The van der Waals surface area contributed by atoms with E-state index in [-0.39, 0.29) is 25.9 Å². The van der Waals surface area contributed by atoms with E-state index in [4.69, 9.17) is 51.1 Å². The number of amides is 1. The molecular formula is C13H8Cl4N2O3S. The van der Waals surface area contributed by atoms with Crippen molar-refractivity contribution >= 4 is 69.6 Å². The molecule has 2 aromatic rings. The highest BCUT2D eigenvalue weighted by atomic mass is 35.5. The number of thiophene rings is 1. The Kier molecular flexibility index (Phi) is 6.50. The van der Waals surface area contributed by atoms with Crippen LogP contribution in [0.4, 0.5) is 0 Å². The van der Waals surface area contributed by atoms with Gasteiger partial charge < -0.3 is 10.1 Å². The lowest BCUT2D eigenvalue weighted by Gasteiger charge is -2.08. The average molecular weight is 414 g/mol. The number of aromatic nitrogens is 1. The molecule has 0 unspecified atom stereocenters. The number of nitrogens with zero attached hydrogens (tertiary/aromatic N) is 1. The van der Waals surface area contributed by atoms with E-state index in [9.17, 15) is 9.59 Å². The molecule has 0 atom stereocenters. The van der Waals surface area contributed by atoms with Crippen LogP contribution in [0.5, 0.6) is 0 Å². The van der Waals surface area contributed by atoms with Crippen molar-refractivity contribution in [3.05, 3.63) is 48.3 Å². The van der Waals surface area contributed by atoms with Gasteiger partial charge in [-0.05, 0) is 11.4 Å². The second-order valence-electron chi connectivity index (χ2n) is 4.13. The van der Waals surface area contributed by atoms with Crippen LogP contribution < -0.4 is 5.32 Å². The average Bonchev–Trinajstić information content (AvgIpc) is 3.05. The van der Waals surface area contributed by atoms with Crippen LogP contribution in [-0.2, 0) is 16.1 Å². The van der Waals surface area contributed by atoms with Crippen LogP contribution in [0.15, 0.2) is 17.5 Å². The first-order chi connectivity index (χ1) is 10.9. The summed E-state index contributed by atoms with van der Waals surface area (Å²) in [6.45, 7) is -0.133. The fourth-order valence-electron chi connectivity index (χ4n) is 1.47. The fraction of sp³-hybridized carbons (Fsp3) is 0.154. The van der Waals surface area contributed by atoms with Crippen molar-refractivity contribution in [1.29, 1.82) is 0 Å². The Bertz CT molecular complexity index is 737. The van der Waals surface area contributed by atoms with Gasteiger partial charge in [0.05, 0.1) is 21.6 Å². The lowest BCUT2D eigenvalue weighted by atomic mass is 10.3. The van der Waals surface area contributed by atoms with E-state index >= 15 is 0 Å². The molecule has 2 aromatic heterocycles. The summed E-state index contributed by atoms with van der Waals surface area (Å²) < 4.78 is 4.84. The Balaban J connectivity index is 1.93. The van der Waals surface area contributed by atoms with Crippen molar-refractivity contribution in [3.63, 3.8) is 0 Å². The maximum absolute atomic E-state index is 11.9. The van der Waals surface area contributed by atoms with Gasteiger partial charge >= 0.3 is 5.97 Å². The van der Waals surface area contributed by atoms with E-state index in [2.05, 4.69) is 10.3 Å². The zero-order valence-corrected chi connectivity index (χ0v) is 15.1. The van der Waals surface area contributed by atoms with Crippen LogP contribution >= 0.6 is 57.7 Å². The molecule has 0 aromatic carbocycles. The zero-order chi connectivity index (χ0) is 17.0. The monoisotopic (exact) mass is 412 g/mol. The van der Waals surface area contributed by atoms with Gasteiger partial charge in [-0.2, -0.15) is 0 Å². The van der Waals surface area contributed by atoms with Gasteiger partial charge in [-0.3, -0.25) is 4.79 Å². The summed E-state index contributed by atoms with van der Waals surface area (Å²) >= 11 is 24.7. The smallest absolute Gasteiger partial charge is 0.359 e. The lowest BCUT2D eigenvalue weighted by Crippen LogP contribution is -2.28. The Labute approximate surface area is 155 Å². The van der Waals surface area contributed by atoms with Gasteiger partial charge in [-0.25, -0.2) is 9.78 Å². The first-order valence-corrected chi connectivity index (χ1v) is 8.45. The van der Waals surface area contributed by atoms with Crippen molar-refractivity contribution < 1.29 is 14.3 Å². The molecule has 0 bridgehead atoms. The van der Waals surface area contributed by atoms with Crippen LogP contribution in [0.3, 0.4) is 0 Å². The summed E-state index contributed by atoms with van der Waals surface area (Å²) in [6, 6.07) is 3.74. The lowest BCUT2D eigenvalue weighted by molar-refractivity contribution is -0.124. The van der Waals surface area contributed by atoms with Crippen molar-refractivity contribution in [3.8, 4) is 0 Å². The maximum atomic E-state index is 11.9. The molecule has 2 heterocycles. The molecule has 0 aliphatic heterocycles. The zero-order valence-electron chi connectivity index (χ0n) is 11.2. The molecule has 0 saturated heterocycles. The van der Waals surface area contributed by atoms with E-state index < -0.39 is 18.5 Å². The molecule has 0 aliphatic rings. The molecule has 122 valence electrons. The summed E-state index contributed by atoms with van der Waals surface area (Å²) in [6.07, 6.45) is 0. The van der Waals surface area contributed by atoms with Crippen molar-refractivity contribution in [2.45, 2.75) is 6.54 Å². The van der Waals surface area contributed by atoms with Crippen molar-refractivity contribution in [2.24, 2.45) is 0 Å². The van der Waals surface area contributed by atoms with Crippen LogP contribution in [-0.4, -0.2) is 23.5 Å². The first kappa shape index (κ1) is 18.3. The van der Waals surface area contributed by atoms with Gasteiger partial charge in [0.1, 0.15) is 5.15 Å². The summed E-state index contributed by atoms with van der Waals surface area (Å²) in [7, 11) is 0. The van der Waals surface area contributed by atoms with Crippen LogP contribution in [0.2, 0.25) is 20.2 Å². The predicted molar refractivity (Wildman–Crippen MR) is 90.7 cm³/mol. The topological polar surface area (TPSA) is 68.3 Å². The number of esters is 1. The number of rotatable bonds is 5. The molecule has 0 fully saturated rings. The normalized spacial score (nSPS) is 10.4. The fourth-order valence-corrected chi connectivity index (χ4v) is 2.92. The van der Waals surface area contributed by atoms with Crippen LogP contribution in [0.25, 0.3) is 0 Å². The SMILES string of the molecule is O=C(COC(=O)c1nc(Cl)c(Cl)c(Cl)c1Cl)NCc1cccs1. The molecule has 5 nitrogen and oxygen atoms in total. The number of carbonyl (C=O) groups excluding carboxylic acids is 2. The van der Waals surface area contributed by atoms with Crippen LogP contribution in [0.1, 0.15) is 15.4 Å². The van der Waals surface area contributed by atoms with Crippen molar-refractivity contribution in [1.82, 2.24) is 10.3 Å². The van der Waals surface area contributed by atoms with Gasteiger partial charge in [-0.1, -0.05) is 52.5 Å². The maximum Gasteiger partial charge on any atom is 0.359 e. The summed E-state index contributed by atoms with van der Waals surface area (Å²) in [5.41, 5.74) is -0.308. The highest BCUT2D eigenvalue weighted by molar-refractivity contribution is 7.09. The highest BCUT2D eigenvalue weighted by Crippen LogP contribution is 2.36. The molecule has 0 aliphatic carbocycles. The third-order valence-electron chi connectivity index (χ3n) is 2.55. The molecule has 10 heteroatoms. The number of ether oxygens (including phenoxy) is 1. The summed E-state index contributed by atoms with van der Waals surface area (Å²) in [5.74, 6) is -1.39. The second kappa shape index (κ2) is 8.17. The predicted octanol–water partition coefficient (Wildman–Crippen LogP) is 4.23. The number of nitrogens with one attached hydrogen (secondary N) is 1. The number of hydrogen-bond acceptors (Lipinski definition) is 5. The Morgan fingerprint density at radius 3 is 2.57 bits per heavy atom. The number of pyridine rings is 1. The molecule has 0 radical (unpaired) electrons. The summed E-state index contributed by atoms with van der Waals surface area (Å²) in [4.78, 5) is 28.2. The molecule has 0 saturated carbocycles. The third kappa shape index (κ3) is 4.71. The first-order valence-electron chi connectivity index (χ1n) is 6.06. The van der Waals surface area contributed by atoms with Crippen LogP contribution in [0, 0.1) is 0 Å². The third-order valence-corrected chi connectivity index (χ3v) is 5.11. The number of halogens is 4. The van der Waals surface area contributed by atoms with Gasteiger partial charge in [-0.15, -0.1) is 11.3 Å². The Hall–Kier alpha value is -1.05. The number of hydrogen-bond donors (Lipinski definition) is 1. The molecule has 0 spiro atoms. The summed E-state index contributed by atoms with van der Waals surface area (Å²) in [5, 5.41) is 3.95. The van der Waals surface area contributed by atoms with Gasteiger partial charge in [0.15, 0.2) is 12.3 Å². The van der Waals surface area contributed by atoms with E-state index in [0.717, 1.165) is 4.88 Å². The quantitative estimate of drug-likeness (QED) is 0.588. The van der Waals surface area contributed by atoms with Crippen molar-refractivity contribution in [2.75, 3.05) is 6.61 Å². The molecule has 1 N–H and O–H groups in total. The van der Waals surface area contributed by atoms with E-state index in [1.54, 1.807) is 0 Å². The molecular weight excluding hydrogens is 406 g/mol. The Morgan fingerprint density at radius 1 is 1.17 bits per heavy atom.